The molecule has 1 aliphatic rings. The van der Waals surface area contributed by atoms with E-state index < -0.39 is 0 Å². The largest absolute Gasteiger partial charge is 0.492 e. The molecule has 1 aliphatic heterocycles. The quantitative estimate of drug-likeness (QED) is 0.538. The Kier molecular flexibility index (Phi) is 6.86. The van der Waals surface area contributed by atoms with Crippen LogP contribution in [0.1, 0.15) is 10.5 Å². The molecule has 2 aromatic heterocycles. The van der Waals surface area contributed by atoms with Crippen LogP contribution in [0.2, 0.25) is 0 Å². The highest BCUT2D eigenvalue weighted by atomic mass is 79.9. The summed E-state index contributed by atoms with van der Waals surface area (Å²) >= 11 is 5.25. The van der Waals surface area contributed by atoms with Crippen molar-refractivity contribution in [2.45, 2.75) is 6.54 Å². The standard InChI is InChI=1S/C21H24BrN3O3S/c22-17-15-29-19-14-18(21(26)23-6-7-24-8-11-27-12-9-24)25(20(17)19)10-13-28-16-4-2-1-3-5-16/h1-5,14-15H,6-13H2,(H,23,26). The number of nitrogens with zero attached hydrogens (tertiary/aromatic N) is 2. The molecule has 0 saturated carbocycles. The molecule has 1 N–H and O–H groups in total. The first-order chi connectivity index (χ1) is 14.2. The first kappa shape index (κ1) is 20.4. The summed E-state index contributed by atoms with van der Waals surface area (Å²) in [6.07, 6.45) is 0. The molecule has 1 aromatic carbocycles. The third kappa shape index (κ3) is 5.01. The Balaban J connectivity index is 1.42. The van der Waals surface area contributed by atoms with E-state index in [1.54, 1.807) is 11.3 Å². The maximum absolute atomic E-state index is 12.9. The molecule has 0 aliphatic carbocycles. The zero-order valence-electron chi connectivity index (χ0n) is 16.1. The number of hydrogen-bond acceptors (Lipinski definition) is 5. The number of thiophene rings is 1. The predicted molar refractivity (Wildman–Crippen MR) is 119 cm³/mol. The predicted octanol–water partition coefficient (Wildman–Crippen LogP) is 3.61. The number of halogens is 1. The van der Waals surface area contributed by atoms with Gasteiger partial charge >= 0.3 is 0 Å². The molecule has 0 bridgehead atoms. The molecule has 0 unspecified atom stereocenters. The Bertz CT molecular complexity index is 951. The maximum atomic E-state index is 12.9. The van der Waals surface area contributed by atoms with Gasteiger partial charge in [-0.15, -0.1) is 11.3 Å². The zero-order chi connectivity index (χ0) is 20.1. The lowest BCUT2D eigenvalue weighted by Crippen LogP contribution is -2.41. The van der Waals surface area contributed by atoms with E-state index in [1.165, 1.54) is 0 Å². The minimum atomic E-state index is -0.0479. The molecule has 4 rings (SSSR count). The monoisotopic (exact) mass is 477 g/mol. The van der Waals surface area contributed by atoms with Crippen molar-refractivity contribution >= 4 is 43.4 Å². The molecule has 3 heterocycles. The molecule has 1 fully saturated rings. The molecule has 0 radical (unpaired) electrons. The van der Waals surface area contributed by atoms with Gasteiger partial charge in [0.05, 0.1) is 34.4 Å². The van der Waals surface area contributed by atoms with E-state index in [9.17, 15) is 4.79 Å². The third-order valence-electron chi connectivity index (χ3n) is 4.95. The summed E-state index contributed by atoms with van der Waals surface area (Å²) in [6.45, 7) is 5.93. The van der Waals surface area contributed by atoms with E-state index in [0.717, 1.165) is 53.3 Å². The van der Waals surface area contributed by atoms with Crippen LogP contribution in [-0.2, 0) is 11.3 Å². The number of ether oxygens (including phenoxy) is 2. The molecule has 1 saturated heterocycles. The topological polar surface area (TPSA) is 55.7 Å². The van der Waals surface area contributed by atoms with Crippen LogP contribution in [0.3, 0.4) is 0 Å². The summed E-state index contributed by atoms with van der Waals surface area (Å²) in [5.74, 6) is 0.782. The Labute approximate surface area is 182 Å². The Hall–Kier alpha value is -1.87. The molecular formula is C21H24BrN3O3S. The fourth-order valence-electron chi connectivity index (χ4n) is 3.47. The number of carbonyl (C=O) groups is 1. The van der Waals surface area contributed by atoms with Crippen LogP contribution in [0.15, 0.2) is 46.3 Å². The van der Waals surface area contributed by atoms with Gasteiger partial charge in [-0.2, -0.15) is 0 Å². The van der Waals surface area contributed by atoms with Gasteiger partial charge in [0.25, 0.3) is 5.91 Å². The highest BCUT2D eigenvalue weighted by Crippen LogP contribution is 2.33. The van der Waals surface area contributed by atoms with Crippen LogP contribution < -0.4 is 10.1 Å². The van der Waals surface area contributed by atoms with Gasteiger partial charge < -0.3 is 19.4 Å². The second-order valence-corrected chi connectivity index (χ2v) is 8.61. The molecule has 8 heteroatoms. The first-order valence-corrected chi connectivity index (χ1v) is 11.4. The van der Waals surface area contributed by atoms with Crippen molar-refractivity contribution in [3.05, 3.63) is 51.9 Å². The third-order valence-corrected chi connectivity index (χ3v) is 6.78. The molecular weight excluding hydrogens is 454 g/mol. The molecule has 3 aromatic rings. The number of carbonyl (C=O) groups excluding carboxylic acids is 1. The molecule has 1 amide bonds. The minimum absolute atomic E-state index is 0.0479. The van der Waals surface area contributed by atoms with Crippen molar-refractivity contribution in [3.63, 3.8) is 0 Å². The van der Waals surface area contributed by atoms with Crippen LogP contribution in [0.25, 0.3) is 10.2 Å². The number of amides is 1. The Morgan fingerprint density at radius 1 is 1.21 bits per heavy atom. The van der Waals surface area contributed by atoms with Gasteiger partial charge in [0, 0.05) is 31.6 Å². The smallest absolute Gasteiger partial charge is 0.268 e. The van der Waals surface area contributed by atoms with Gasteiger partial charge in [0.1, 0.15) is 18.1 Å². The Morgan fingerprint density at radius 2 is 2.00 bits per heavy atom. The highest BCUT2D eigenvalue weighted by Gasteiger charge is 2.19. The average molecular weight is 478 g/mol. The van der Waals surface area contributed by atoms with Crippen molar-refractivity contribution in [1.82, 2.24) is 14.8 Å². The number of aromatic nitrogens is 1. The van der Waals surface area contributed by atoms with Gasteiger partial charge in [-0.25, -0.2) is 0 Å². The summed E-state index contributed by atoms with van der Waals surface area (Å²) < 4.78 is 15.4. The fourth-order valence-corrected chi connectivity index (χ4v) is 5.16. The lowest BCUT2D eigenvalue weighted by atomic mass is 10.3. The van der Waals surface area contributed by atoms with E-state index >= 15 is 0 Å². The second kappa shape index (κ2) is 9.75. The van der Waals surface area contributed by atoms with Crippen LogP contribution in [0.4, 0.5) is 0 Å². The number of hydrogen-bond donors (Lipinski definition) is 1. The summed E-state index contributed by atoms with van der Waals surface area (Å²) in [7, 11) is 0. The van der Waals surface area contributed by atoms with Gasteiger partial charge in [-0.3, -0.25) is 9.69 Å². The summed E-state index contributed by atoms with van der Waals surface area (Å²) in [5.41, 5.74) is 1.72. The number of rotatable bonds is 8. The van der Waals surface area contributed by atoms with Crippen molar-refractivity contribution < 1.29 is 14.3 Å². The minimum Gasteiger partial charge on any atom is -0.492 e. The summed E-state index contributed by atoms with van der Waals surface area (Å²) in [6, 6.07) is 11.7. The van der Waals surface area contributed by atoms with Gasteiger partial charge in [-0.1, -0.05) is 18.2 Å². The molecule has 6 nitrogen and oxygen atoms in total. The molecule has 29 heavy (non-hydrogen) atoms. The number of nitrogens with one attached hydrogen (secondary N) is 1. The number of benzene rings is 1. The lowest BCUT2D eigenvalue weighted by molar-refractivity contribution is 0.0383. The number of morpholine rings is 1. The van der Waals surface area contributed by atoms with E-state index in [-0.39, 0.29) is 5.91 Å². The Morgan fingerprint density at radius 3 is 2.79 bits per heavy atom. The highest BCUT2D eigenvalue weighted by molar-refractivity contribution is 9.10. The van der Waals surface area contributed by atoms with Gasteiger partial charge in [0.15, 0.2) is 0 Å². The fraction of sp³-hybridized carbons (Fsp3) is 0.381. The maximum Gasteiger partial charge on any atom is 0.268 e. The molecule has 154 valence electrons. The second-order valence-electron chi connectivity index (χ2n) is 6.85. The average Bonchev–Trinajstić information content (AvgIpc) is 3.30. The van der Waals surface area contributed by atoms with Crippen LogP contribution >= 0.6 is 27.3 Å². The molecule has 0 atom stereocenters. The van der Waals surface area contributed by atoms with Crippen LogP contribution in [-0.4, -0.2) is 61.4 Å². The van der Waals surface area contributed by atoms with E-state index in [1.807, 2.05) is 41.0 Å². The van der Waals surface area contributed by atoms with E-state index in [2.05, 4.69) is 31.5 Å². The van der Waals surface area contributed by atoms with Crippen LogP contribution in [0, 0.1) is 0 Å². The summed E-state index contributed by atoms with van der Waals surface area (Å²) in [5, 5.41) is 5.13. The zero-order valence-corrected chi connectivity index (χ0v) is 18.5. The van der Waals surface area contributed by atoms with E-state index in [4.69, 9.17) is 9.47 Å². The van der Waals surface area contributed by atoms with Crippen molar-refractivity contribution in [2.24, 2.45) is 0 Å². The van der Waals surface area contributed by atoms with Crippen molar-refractivity contribution in [1.29, 1.82) is 0 Å². The number of para-hydroxylation sites is 1. The lowest BCUT2D eigenvalue weighted by Gasteiger charge is -2.26. The van der Waals surface area contributed by atoms with Gasteiger partial charge in [0.2, 0.25) is 0 Å². The normalized spacial score (nSPS) is 14.9. The number of fused-ring (bicyclic) bond motifs is 1. The van der Waals surface area contributed by atoms with Crippen molar-refractivity contribution in [2.75, 3.05) is 46.0 Å². The van der Waals surface area contributed by atoms with Gasteiger partial charge in [-0.05, 0) is 34.1 Å². The first-order valence-electron chi connectivity index (χ1n) is 9.75. The van der Waals surface area contributed by atoms with Crippen LogP contribution in [0.5, 0.6) is 5.75 Å². The van der Waals surface area contributed by atoms with E-state index in [0.29, 0.717) is 25.4 Å². The molecule has 0 spiro atoms. The SMILES string of the molecule is O=C(NCCN1CCOCC1)c1cc2scc(Br)c2n1CCOc1ccccc1. The summed E-state index contributed by atoms with van der Waals surface area (Å²) in [4.78, 5) is 15.2. The van der Waals surface area contributed by atoms with Crippen molar-refractivity contribution in [3.8, 4) is 5.75 Å².